The Morgan fingerprint density at radius 2 is 2.04 bits per heavy atom. The van der Waals surface area contributed by atoms with E-state index < -0.39 is 6.61 Å². The molecule has 6 heteroatoms. The van der Waals surface area contributed by atoms with Crippen LogP contribution in [-0.4, -0.2) is 17.3 Å². The number of fused-ring (bicyclic) bond motifs is 1. The maximum absolute atomic E-state index is 12.7. The molecule has 0 saturated carbocycles. The molecule has 0 unspecified atom stereocenters. The van der Waals surface area contributed by atoms with E-state index in [0.29, 0.717) is 12.2 Å². The van der Waals surface area contributed by atoms with Gasteiger partial charge in [0.1, 0.15) is 16.4 Å². The molecule has 0 amide bonds. The molecule has 0 aliphatic carbocycles. The molecule has 0 spiro atoms. The number of oxime groups is 1. The maximum Gasteiger partial charge on any atom is 0.387 e. The van der Waals surface area contributed by atoms with Gasteiger partial charge in [-0.1, -0.05) is 35.5 Å². The van der Waals surface area contributed by atoms with Crippen LogP contribution in [0.3, 0.4) is 0 Å². The van der Waals surface area contributed by atoms with Crippen LogP contribution in [0.2, 0.25) is 0 Å². The Labute approximate surface area is 137 Å². The second-order valence-corrected chi connectivity index (χ2v) is 6.99. The minimum Gasteiger partial charge on any atom is -0.434 e. The van der Waals surface area contributed by atoms with Crippen molar-refractivity contribution in [3.8, 4) is 5.75 Å². The quantitative estimate of drug-likeness (QED) is 0.769. The van der Waals surface area contributed by atoms with Gasteiger partial charge in [-0.3, -0.25) is 0 Å². The Balaban J connectivity index is 1.88. The van der Waals surface area contributed by atoms with Gasteiger partial charge in [0.25, 0.3) is 0 Å². The van der Waals surface area contributed by atoms with Crippen LogP contribution in [0.5, 0.6) is 5.75 Å². The first-order valence-electron chi connectivity index (χ1n) is 7.28. The molecule has 1 heterocycles. The highest BCUT2D eigenvalue weighted by Crippen LogP contribution is 2.35. The van der Waals surface area contributed by atoms with E-state index in [2.05, 4.69) is 5.16 Å². The highest BCUT2D eigenvalue weighted by molar-refractivity contribution is 8.13. The molecular weight excluding hydrogens is 320 g/mol. The second kappa shape index (κ2) is 6.35. The topological polar surface area (TPSA) is 30.8 Å². The summed E-state index contributed by atoms with van der Waals surface area (Å²) < 4.78 is 30.0. The van der Waals surface area contributed by atoms with Gasteiger partial charge in [-0.05, 0) is 30.7 Å². The number of alkyl halides is 2. The SMILES string of the molecule is CC1(C)CC(SCc2c(OC(F)F)ccc3ccccc23)=NO1. The number of rotatable bonds is 4. The maximum atomic E-state index is 12.7. The molecule has 0 N–H and O–H groups in total. The normalized spacial score (nSPS) is 16.5. The van der Waals surface area contributed by atoms with Crippen LogP contribution in [0, 0.1) is 0 Å². The van der Waals surface area contributed by atoms with Crippen LogP contribution >= 0.6 is 11.8 Å². The van der Waals surface area contributed by atoms with Crippen molar-refractivity contribution in [1.82, 2.24) is 0 Å². The zero-order chi connectivity index (χ0) is 16.4. The van der Waals surface area contributed by atoms with Gasteiger partial charge >= 0.3 is 6.61 Å². The van der Waals surface area contributed by atoms with Crippen molar-refractivity contribution in [3.63, 3.8) is 0 Å². The van der Waals surface area contributed by atoms with Crippen molar-refractivity contribution in [2.45, 2.75) is 38.2 Å². The van der Waals surface area contributed by atoms with Crippen molar-refractivity contribution in [1.29, 1.82) is 0 Å². The Morgan fingerprint density at radius 3 is 2.74 bits per heavy atom. The van der Waals surface area contributed by atoms with E-state index in [1.165, 1.54) is 11.8 Å². The van der Waals surface area contributed by atoms with Gasteiger partial charge < -0.3 is 9.57 Å². The smallest absolute Gasteiger partial charge is 0.387 e. The summed E-state index contributed by atoms with van der Waals surface area (Å²) in [6.07, 6.45) is 0.716. The highest BCUT2D eigenvalue weighted by Gasteiger charge is 2.29. The van der Waals surface area contributed by atoms with E-state index in [4.69, 9.17) is 9.57 Å². The third-order valence-electron chi connectivity index (χ3n) is 3.57. The summed E-state index contributed by atoms with van der Waals surface area (Å²) in [4.78, 5) is 5.34. The van der Waals surface area contributed by atoms with Gasteiger partial charge in [-0.15, -0.1) is 11.8 Å². The van der Waals surface area contributed by atoms with Crippen molar-refractivity contribution in [3.05, 3.63) is 42.0 Å². The summed E-state index contributed by atoms with van der Waals surface area (Å²) in [5.41, 5.74) is 0.449. The zero-order valence-electron chi connectivity index (χ0n) is 12.9. The third kappa shape index (κ3) is 3.75. The number of nitrogens with zero attached hydrogens (tertiary/aromatic N) is 1. The summed E-state index contributed by atoms with van der Waals surface area (Å²) in [5, 5.41) is 6.84. The fraction of sp³-hybridized carbons (Fsp3) is 0.353. The predicted molar refractivity (Wildman–Crippen MR) is 89.1 cm³/mol. The summed E-state index contributed by atoms with van der Waals surface area (Å²) in [5.74, 6) is 0.715. The molecule has 0 fully saturated rings. The molecule has 2 aromatic carbocycles. The van der Waals surface area contributed by atoms with E-state index in [1.807, 2.05) is 38.1 Å². The molecule has 3 nitrogen and oxygen atoms in total. The molecule has 0 aromatic heterocycles. The monoisotopic (exact) mass is 337 g/mol. The summed E-state index contributed by atoms with van der Waals surface area (Å²) in [6.45, 7) is 1.09. The van der Waals surface area contributed by atoms with Crippen molar-refractivity contribution < 1.29 is 18.4 Å². The van der Waals surface area contributed by atoms with E-state index in [1.54, 1.807) is 12.1 Å². The molecule has 1 aliphatic heterocycles. The van der Waals surface area contributed by atoms with Gasteiger partial charge in [0.2, 0.25) is 0 Å². The molecule has 1 aliphatic rings. The van der Waals surface area contributed by atoms with E-state index in [9.17, 15) is 8.78 Å². The van der Waals surface area contributed by atoms with E-state index in [0.717, 1.165) is 21.4 Å². The number of hydrogen-bond donors (Lipinski definition) is 0. The highest BCUT2D eigenvalue weighted by atomic mass is 32.2. The van der Waals surface area contributed by atoms with Crippen LogP contribution in [0.4, 0.5) is 8.78 Å². The van der Waals surface area contributed by atoms with Crippen molar-refractivity contribution in [2.75, 3.05) is 0 Å². The first kappa shape index (κ1) is 16.1. The fourth-order valence-electron chi connectivity index (χ4n) is 2.51. The average Bonchev–Trinajstić information content (AvgIpc) is 2.85. The Hall–Kier alpha value is -1.82. The lowest BCUT2D eigenvalue weighted by Gasteiger charge is -2.14. The molecule has 23 heavy (non-hydrogen) atoms. The molecular formula is C17H17F2NO2S. The number of thioether (sulfide) groups is 1. The largest absolute Gasteiger partial charge is 0.434 e. The average molecular weight is 337 g/mol. The van der Waals surface area contributed by atoms with Gasteiger partial charge in [-0.2, -0.15) is 8.78 Å². The number of halogens is 2. The molecule has 0 radical (unpaired) electrons. The molecule has 0 atom stereocenters. The molecule has 122 valence electrons. The van der Waals surface area contributed by atoms with Crippen LogP contribution in [0.25, 0.3) is 10.8 Å². The van der Waals surface area contributed by atoms with E-state index >= 15 is 0 Å². The van der Waals surface area contributed by atoms with Crippen molar-refractivity contribution in [2.24, 2.45) is 5.16 Å². The first-order valence-corrected chi connectivity index (χ1v) is 8.26. The minimum absolute atomic E-state index is 0.213. The van der Waals surface area contributed by atoms with Gasteiger partial charge in [0.15, 0.2) is 0 Å². The van der Waals surface area contributed by atoms with Gasteiger partial charge in [0, 0.05) is 17.7 Å². The molecule has 2 aromatic rings. The predicted octanol–water partition coefficient (Wildman–Crippen LogP) is 5.19. The Morgan fingerprint density at radius 1 is 1.26 bits per heavy atom. The van der Waals surface area contributed by atoms with Crippen LogP contribution in [0.15, 0.2) is 41.6 Å². The Kier molecular flexibility index (Phi) is 4.43. The minimum atomic E-state index is -2.84. The van der Waals surface area contributed by atoms with Gasteiger partial charge in [0.05, 0.1) is 0 Å². The van der Waals surface area contributed by atoms with Crippen LogP contribution < -0.4 is 4.74 Å². The summed E-state index contributed by atoms with van der Waals surface area (Å²) >= 11 is 1.50. The lowest BCUT2D eigenvalue weighted by Crippen LogP contribution is -2.18. The number of benzene rings is 2. The lowest BCUT2D eigenvalue weighted by atomic mass is 10.0. The number of ether oxygens (including phenoxy) is 1. The Bertz CT molecular complexity index is 746. The molecule has 3 rings (SSSR count). The zero-order valence-corrected chi connectivity index (χ0v) is 13.7. The second-order valence-electron chi connectivity index (χ2n) is 5.94. The fourth-order valence-corrected chi connectivity index (χ4v) is 3.66. The van der Waals surface area contributed by atoms with Crippen molar-refractivity contribution >= 4 is 27.6 Å². The number of hydrogen-bond acceptors (Lipinski definition) is 4. The molecule has 0 saturated heterocycles. The summed E-state index contributed by atoms with van der Waals surface area (Å²) in [6, 6.07) is 11.1. The van der Waals surface area contributed by atoms with Gasteiger partial charge in [-0.25, -0.2) is 0 Å². The summed E-state index contributed by atoms with van der Waals surface area (Å²) in [7, 11) is 0. The van der Waals surface area contributed by atoms with Crippen LogP contribution in [0.1, 0.15) is 25.8 Å². The van der Waals surface area contributed by atoms with Crippen LogP contribution in [-0.2, 0) is 10.6 Å². The third-order valence-corrected chi connectivity index (χ3v) is 4.55. The standard InChI is InChI=1S/C17H17F2NO2S/c1-17(2)9-15(20-22-17)23-10-13-12-6-4-3-5-11(12)7-8-14(13)21-16(18)19/h3-8,16H,9-10H2,1-2H3. The molecule has 0 bridgehead atoms. The van der Waals surface area contributed by atoms with E-state index in [-0.39, 0.29) is 11.4 Å². The lowest BCUT2D eigenvalue weighted by molar-refractivity contribution is -0.0502. The first-order chi connectivity index (χ1) is 10.9.